The molecular formula is C13H17N3O3S. The average Bonchev–Trinajstić information content (AvgIpc) is 2.42. The zero-order valence-corrected chi connectivity index (χ0v) is 12.2. The van der Waals surface area contributed by atoms with Crippen LogP contribution in [0.5, 0.6) is 5.75 Å². The molecule has 0 unspecified atom stereocenters. The molecule has 0 aromatic heterocycles. The van der Waals surface area contributed by atoms with Gasteiger partial charge in [0.2, 0.25) is 5.91 Å². The molecule has 0 atom stereocenters. The largest absolute Gasteiger partial charge is 0.484 e. The topological polar surface area (TPSA) is 79.5 Å². The summed E-state index contributed by atoms with van der Waals surface area (Å²) in [6, 6.07) is 7.37. The number of benzene rings is 1. The van der Waals surface area contributed by atoms with Crippen molar-refractivity contribution in [1.82, 2.24) is 16.2 Å². The second kappa shape index (κ2) is 8.11. The smallest absolute Gasteiger partial charge is 0.276 e. The van der Waals surface area contributed by atoms with Crippen LogP contribution in [0.1, 0.15) is 18.9 Å². The number of hydrogen-bond donors (Lipinski definition) is 3. The fourth-order valence-corrected chi connectivity index (χ4v) is 1.43. The SMILES string of the molecule is CCC(=O)NC(=S)NNC(=O)COc1cccc(C)c1. The second-order valence-corrected chi connectivity index (χ2v) is 4.42. The zero-order valence-electron chi connectivity index (χ0n) is 11.4. The first-order chi connectivity index (χ1) is 9.51. The Balaban J connectivity index is 2.27. The predicted octanol–water partition coefficient (Wildman–Crippen LogP) is 0.806. The van der Waals surface area contributed by atoms with Crippen LogP contribution in [0, 0.1) is 6.92 Å². The molecule has 0 spiro atoms. The van der Waals surface area contributed by atoms with E-state index in [9.17, 15) is 9.59 Å². The molecule has 0 aliphatic heterocycles. The third-order valence-corrected chi connectivity index (χ3v) is 2.45. The highest BCUT2D eigenvalue weighted by Gasteiger charge is 2.05. The van der Waals surface area contributed by atoms with Gasteiger partial charge in [-0.05, 0) is 36.8 Å². The van der Waals surface area contributed by atoms with Crippen LogP contribution in [0.4, 0.5) is 0 Å². The van der Waals surface area contributed by atoms with Crippen LogP contribution in [0.25, 0.3) is 0 Å². The van der Waals surface area contributed by atoms with Gasteiger partial charge < -0.3 is 10.1 Å². The maximum absolute atomic E-state index is 11.5. The van der Waals surface area contributed by atoms with Gasteiger partial charge in [0.1, 0.15) is 5.75 Å². The van der Waals surface area contributed by atoms with Gasteiger partial charge in [0.05, 0.1) is 0 Å². The van der Waals surface area contributed by atoms with E-state index in [1.807, 2.05) is 25.1 Å². The van der Waals surface area contributed by atoms with Crippen molar-refractivity contribution in [2.45, 2.75) is 20.3 Å². The Morgan fingerprint density at radius 2 is 2.00 bits per heavy atom. The standard InChI is InChI=1S/C13H17N3O3S/c1-3-11(17)14-13(20)16-15-12(18)8-19-10-6-4-5-9(2)7-10/h4-7H,3,8H2,1-2H3,(H,15,18)(H2,14,16,17,20). The summed E-state index contributed by atoms with van der Waals surface area (Å²) < 4.78 is 5.30. The molecule has 0 heterocycles. The summed E-state index contributed by atoms with van der Waals surface area (Å²) in [6.45, 7) is 3.48. The minimum atomic E-state index is -0.403. The van der Waals surface area contributed by atoms with Gasteiger partial charge in [-0.1, -0.05) is 19.1 Å². The molecule has 0 saturated heterocycles. The maximum atomic E-state index is 11.5. The first-order valence-corrected chi connectivity index (χ1v) is 6.50. The number of hydrogen-bond acceptors (Lipinski definition) is 4. The minimum Gasteiger partial charge on any atom is -0.484 e. The van der Waals surface area contributed by atoms with Crippen molar-refractivity contribution >= 4 is 29.1 Å². The van der Waals surface area contributed by atoms with Crippen LogP contribution in [0.2, 0.25) is 0 Å². The second-order valence-electron chi connectivity index (χ2n) is 4.01. The number of thiocarbonyl (C=S) groups is 1. The van der Waals surface area contributed by atoms with Crippen molar-refractivity contribution < 1.29 is 14.3 Å². The summed E-state index contributed by atoms with van der Waals surface area (Å²) in [5.41, 5.74) is 5.79. The Kier molecular flexibility index (Phi) is 6.45. The highest BCUT2D eigenvalue weighted by Crippen LogP contribution is 2.11. The van der Waals surface area contributed by atoms with Gasteiger partial charge in [-0.25, -0.2) is 0 Å². The van der Waals surface area contributed by atoms with E-state index in [0.29, 0.717) is 12.2 Å². The van der Waals surface area contributed by atoms with Gasteiger partial charge in [-0.3, -0.25) is 20.4 Å². The number of amides is 2. The van der Waals surface area contributed by atoms with E-state index in [-0.39, 0.29) is 17.6 Å². The summed E-state index contributed by atoms with van der Waals surface area (Å²) in [4.78, 5) is 22.5. The van der Waals surface area contributed by atoms with E-state index in [2.05, 4.69) is 16.2 Å². The van der Waals surface area contributed by atoms with Gasteiger partial charge in [-0.2, -0.15) is 0 Å². The summed E-state index contributed by atoms with van der Waals surface area (Å²) in [6.07, 6.45) is 0.312. The van der Waals surface area contributed by atoms with E-state index < -0.39 is 5.91 Å². The Bertz CT molecular complexity index is 505. The lowest BCUT2D eigenvalue weighted by atomic mass is 10.2. The Morgan fingerprint density at radius 1 is 1.25 bits per heavy atom. The third-order valence-electron chi connectivity index (χ3n) is 2.25. The number of rotatable bonds is 4. The molecule has 1 aromatic rings. The molecule has 1 aromatic carbocycles. The van der Waals surface area contributed by atoms with E-state index >= 15 is 0 Å². The molecular weight excluding hydrogens is 278 g/mol. The van der Waals surface area contributed by atoms with Crippen LogP contribution in [-0.2, 0) is 9.59 Å². The monoisotopic (exact) mass is 295 g/mol. The number of ether oxygens (including phenoxy) is 1. The lowest BCUT2D eigenvalue weighted by Gasteiger charge is -2.11. The minimum absolute atomic E-state index is 0.0424. The van der Waals surface area contributed by atoms with Gasteiger partial charge in [-0.15, -0.1) is 0 Å². The highest BCUT2D eigenvalue weighted by molar-refractivity contribution is 7.80. The summed E-state index contributed by atoms with van der Waals surface area (Å²) in [5.74, 6) is -0.0191. The summed E-state index contributed by atoms with van der Waals surface area (Å²) in [7, 11) is 0. The Morgan fingerprint density at radius 3 is 2.65 bits per heavy atom. The maximum Gasteiger partial charge on any atom is 0.276 e. The molecule has 0 aliphatic carbocycles. The van der Waals surface area contributed by atoms with Crippen molar-refractivity contribution in [1.29, 1.82) is 0 Å². The van der Waals surface area contributed by atoms with E-state index in [1.54, 1.807) is 13.0 Å². The number of aryl methyl sites for hydroxylation is 1. The van der Waals surface area contributed by atoms with Crippen molar-refractivity contribution in [3.8, 4) is 5.75 Å². The molecule has 0 saturated carbocycles. The lowest BCUT2D eigenvalue weighted by molar-refractivity contribution is -0.124. The lowest BCUT2D eigenvalue weighted by Crippen LogP contribution is -2.49. The van der Waals surface area contributed by atoms with Crippen LogP contribution in [-0.4, -0.2) is 23.5 Å². The van der Waals surface area contributed by atoms with Crippen molar-refractivity contribution in [3.63, 3.8) is 0 Å². The molecule has 6 nitrogen and oxygen atoms in total. The first kappa shape index (κ1) is 15.9. The van der Waals surface area contributed by atoms with E-state index in [0.717, 1.165) is 5.56 Å². The number of nitrogens with one attached hydrogen (secondary N) is 3. The quantitative estimate of drug-likeness (QED) is 0.566. The fourth-order valence-electron chi connectivity index (χ4n) is 1.26. The van der Waals surface area contributed by atoms with Crippen LogP contribution in [0.15, 0.2) is 24.3 Å². The van der Waals surface area contributed by atoms with Crippen LogP contribution >= 0.6 is 12.2 Å². The molecule has 0 bridgehead atoms. The summed E-state index contributed by atoms with van der Waals surface area (Å²) >= 11 is 4.81. The molecule has 0 fully saturated rings. The molecule has 7 heteroatoms. The van der Waals surface area contributed by atoms with Gasteiger partial charge in [0.15, 0.2) is 11.7 Å². The molecule has 20 heavy (non-hydrogen) atoms. The van der Waals surface area contributed by atoms with E-state index in [1.165, 1.54) is 0 Å². The Hall–Kier alpha value is -2.15. The van der Waals surface area contributed by atoms with E-state index in [4.69, 9.17) is 17.0 Å². The molecule has 2 amide bonds. The molecule has 0 radical (unpaired) electrons. The van der Waals surface area contributed by atoms with Gasteiger partial charge >= 0.3 is 0 Å². The fraction of sp³-hybridized carbons (Fsp3) is 0.308. The normalized spacial score (nSPS) is 9.50. The van der Waals surface area contributed by atoms with Crippen molar-refractivity contribution in [2.24, 2.45) is 0 Å². The van der Waals surface area contributed by atoms with Gasteiger partial charge in [0, 0.05) is 6.42 Å². The molecule has 108 valence electrons. The third kappa shape index (κ3) is 6.14. The van der Waals surface area contributed by atoms with Crippen LogP contribution < -0.4 is 20.9 Å². The average molecular weight is 295 g/mol. The number of carbonyl (C=O) groups excluding carboxylic acids is 2. The summed E-state index contributed by atoms with van der Waals surface area (Å²) in [5, 5.41) is 2.43. The highest BCUT2D eigenvalue weighted by atomic mass is 32.1. The number of hydrazine groups is 1. The zero-order chi connectivity index (χ0) is 15.0. The molecule has 1 rings (SSSR count). The number of carbonyl (C=O) groups is 2. The van der Waals surface area contributed by atoms with Crippen LogP contribution in [0.3, 0.4) is 0 Å². The first-order valence-electron chi connectivity index (χ1n) is 6.09. The predicted molar refractivity (Wildman–Crippen MR) is 79.0 cm³/mol. The Labute approximate surface area is 122 Å². The van der Waals surface area contributed by atoms with Gasteiger partial charge in [0.25, 0.3) is 5.91 Å². The van der Waals surface area contributed by atoms with Crippen molar-refractivity contribution in [2.75, 3.05) is 6.61 Å². The van der Waals surface area contributed by atoms with Crippen molar-refractivity contribution in [3.05, 3.63) is 29.8 Å². The molecule has 0 aliphatic rings. The molecule has 3 N–H and O–H groups in total.